The second-order valence-corrected chi connectivity index (χ2v) is 6.45. The molecule has 2 atom stereocenters. The predicted molar refractivity (Wildman–Crippen MR) is 73.9 cm³/mol. The summed E-state index contributed by atoms with van der Waals surface area (Å²) in [4.78, 5) is 2.31. The molecule has 1 aliphatic carbocycles. The molecule has 2 heterocycles. The molecule has 0 unspecified atom stereocenters. The highest BCUT2D eigenvalue weighted by molar-refractivity contribution is 4.90. The molecule has 1 aromatic rings. The molecule has 1 saturated carbocycles. The maximum Gasteiger partial charge on any atom is 0.408 e. The van der Waals surface area contributed by atoms with Crippen molar-refractivity contribution in [2.75, 3.05) is 6.54 Å². The van der Waals surface area contributed by atoms with E-state index in [-0.39, 0.29) is 0 Å². The molecule has 0 radical (unpaired) electrons. The SMILES string of the molecule is FC(F)(F)Cn1nnnc1CN1CCCC[C@H]2CCCC[C@H]21. The van der Waals surface area contributed by atoms with E-state index < -0.39 is 12.7 Å². The topological polar surface area (TPSA) is 46.8 Å². The second kappa shape index (κ2) is 6.52. The van der Waals surface area contributed by atoms with Gasteiger partial charge in [0.2, 0.25) is 0 Å². The van der Waals surface area contributed by atoms with E-state index in [1.165, 1.54) is 32.1 Å². The first-order valence-electron chi connectivity index (χ1n) is 8.09. The van der Waals surface area contributed by atoms with Gasteiger partial charge in [-0.3, -0.25) is 4.90 Å². The summed E-state index contributed by atoms with van der Waals surface area (Å²) in [6.07, 6.45) is 4.15. The highest BCUT2D eigenvalue weighted by atomic mass is 19.4. The van der Waals surface area contributed by atoms with Gasteiger partial charge in [-0.2, -0.15) is 13.2 Å². The zero-order valence-corrected chi connectivity index (χ0v) is 12.6. The number of fused-ring (bicyclic) bond motifs is 1. The largest absolute Gasteiger partial charge is 0.408 e. The van der Waals surface area contributed by atoms with Gasteiger partial charge >= 0.3 is 6.18 Å². The summed E-state index contributed by atoms with van der Waals surface area (Å²) < 4.78 is 38.6. The lowest BCUT2D eigenvalue weighted by Gasteiger charge is -2.37. The van der Waals surface area contributed by atoms with Gasteiger partial charge in [0.15, 0.2) is 5.82 Å². The van der Waals surface area contributed by atoms with Crippen molar-refractivity contribution >= 4 is 0 Å². The number of hydrogen-bond acceptors (Lipinski definition) is 4. The minimum absolute atomic E-state index is 0.323. The molecule has 3 rings (SSSR count). The first-order valence-corrected chi connectivity index (χ1v) is 8.09. The van der Waals surface area contributed by atoms with Crippen LogP contribution in [-0.2, 0) is 13.1 Å². The normalized spacial score (nSPS) is 27.4. The number of alkyl halides is 3. The molecule has 8 heteroatoms. The van der Waals surface area contributed by atoms with Crippen molar-refractivity contribution in [2.45, 2.75) is 70.3 Å². The van der Waals surface area contributed by atoms with Crippen LogP contribution in [0.5, 0.6) is 0 Å². The minimum atomic E-state index is -4.30. The fourth-order valence-corrected chi connectivity index (χ4v) is 3.90. The lowest BCUT2D eigenvalue weighted by Crippen LogP contribution is -2.41. The third-order valence-corrected chi connectivity index (χ3v) is 4.89. The van der Waals surface area contributed by atoms with Crippen LogP contribution in [0.15, 0.2) is 0 Å². The molecule has 2 aliphatic rings. The number of aromatic nitrogens is 4. The molecule has 0 bridgehead atoms. The molecule has 22 heavy (non-hydrogen) atoms. The number of halogens is 3. The van der Waals surface area contributed by atoms with Gasteiger partial charge in [-0.25, -0.2) is 4.68 Å². The van der Waals surface area contributed by atoms with Gasteiger partial charge in [0.25, 0.3) is 0 Å². The predicted octanol–water partition coefficient (Wildman–Crippen LogP) is 2.78. The van der Waals surface area contributed by atoms with E-state index in [0.29, 0.717) is 24.3 Å². The fourth-order valence-electron chi connectivity index (χ4n) is 3.90. The maximum atomic E-state index is 12.6. The van der Waals surface area contributed by atoms with Crippen molar-refractivity contribution in [3.05, 3.63) is 5.82 Å². The third kappa shape index (κ3) is 3.77. The van der Waals surface area contributed by atoms with Crippen LogP contribution in [0.3, 0.4) is 0 Å². The summed E-state index contributed by atoms with van der Waals surface area (Å²) in [7, 11) is 0. The Morgan fingerprint density at radius 1 is 1.05 bits per heavy atom. The van der Waals surface area contributed by atoms with Gasteiger partial charge in [-0.15, -0.1) is 5.10 Å². The maximum absolute atomic E-state index is 12.6. The van der Waals surface area contributed by atoms with Crippen LogP contribution in [0.1, 0.15) is 50.8 Å². The molecule has 0 amide bonds. The number of hydrogen-bond donors (Lipinski definition) is 0. The van der Waals surface area contributed by atoms with Gasteiger partial charge in [0, 0.05) is 6.04 Å². The van der Waals surface area contributed by atoms with E-state index in [2.05, 4.69) is 20.4 Å². The highest BCUT2D eigenvalue weighted by Crippen LogP contribution is 2.35. The average Bonchev–Trinajstić information content (AvgIpc) is 2.77. The van der Waals surface area contributed by atoms with Crippen molar-refractivity contribution in [1.82, 2.24) is 25.1 Å². The van der Waals surface area contributed by atoms with Crippen LogP contribution in [0, 0.1) is 5.92 Å². The van der Waals surface area contributed by atoms with Crippen LogP contribution >= 0.6 is 0 Å². The summed E-state index contributed by atoms with van der Waals surface area (Å²) in [5.74, 6) is 1.01. The quantitative estimate of drug-likeness (QED) is 0.860. The Balaban J connectivity index is 1.72. The summed E-state index contributed by atoms with van der Waals surface area (Å²) in [6.45, 7) is 0.238. The van der Waals surface area contributed by atoms with E-state index in [9.17, 15) is 13.2 Å². The Bertz CT molecular complexity index is 487. The van der Waals surface area contributed by atoms with Gasteiger partial charge in [0.05, 0.1) is 6.54 Å². The minimum Gasteiger partial charge on any atom is -0.293 e. The molecule has 124 valence electrons. The van der Waals surface area contributed by atoms with Gasteiger partial charge in [0.1, 0.15) is 6.54 Å². The van der Waals surface area contributed by atoms with Crippen molar-refractivity contribution in [3.63, 3.8) is 0 Å². The Labute approximate surface area is 127 Å². The van der Waals surface area contributed by atoms with Crippen LogP contribution in [0.2, 0.25) is 0 Å². The van der Waals surface area contributed by atoms with Crippen LogP contribution < -0.4 is 0 Å². The summed E-state index contributed by atoms with van der Waals surface area (Å²) in [5.41, 5.74) is 0. The van der Waals surface area contributed by atoms with Crippen molar-refractivity contribution < 1.29 is 13.2 Å². The van der Waals surface area contributed by atoms with Crippen LogP contribution in [0.25, 0.3) is 0 Å². The number of nitrogens with zero attached hydrogens (tertiary/aromatic N) is 5. The van der Waals surface area contributed by atoms with E-state index in [1.807, 2.05) is 0 Å². The Morgan fingerprint density at radius 2 is 1.77 bits per heavy atom. The Morgan fingerprint density at radius 3 is 2.55 bits per heavy atom. The van der Waals surface area contributed by atoms with Gasteiger partial charge in [-0.05, 0) is 48.6 Å². The lowest BCUT2D eigenvalue weighted by molar-refractivity contribution is -0.143. The molecule has 0 N–H and O–H groups in total. The molecule has 0 spiro atoms. The number of rotatable bonds is 3. The van der Waals surface area contributed by atoms with E-state index in [4.69, 9.17) is 0 Å². The van der Waals surface area contributed by atoms with E-state index >= 15 is 0 Å². The first-order chi connectivity index (χ1) is 10.5. The van der Waals surface area contributed by atoms with Crippen molar-refractivity contribution in [3.8, 4) is 0 Å². The molecular formula is C14H22F3N5. The van der Waals surface area contributed by atoms with Crippen LogP contribution in [-0.4, -0.2) is 43.9 Å². The van der Waals surface area contributed by atoms with Gasteiger partial charge < -0.3 is 0 Å². The molecule has 1 saturated heterocycles. The first kappa shape index (κ1) is 15.7. The molecule has 0 aromatic carbocycles. The number of likely N-dealkylation sites (tertiary alicyclic amines) is 1. The fraction of sp³-hybridized carbons (Fsp3) is 0.929. The molecule has 5 nitrogen and oxygen atoms in total. The molecule has 2 fully saturated rings. The molecular weight excluding hydrogens is 295 g/mol. The smallest absolute Gasteiger partial charge is 0.293 e. The lowest BCUT2D eigenvalue weighted by atomic mass is 9.82. The average molecular weight is 317 g/mol. The third-order valence-electron chi connectivity index (χ3n) is 4.89. The Kier molecular flexibility index (Phi) is 4.65. The molecule has 1 aromatic heterocycles. The highest BCUT2D eigenvalue weighted by Gasteiger charge is 2.34. The monoisotopic (exact) mass is 317 g/mol. The zero-order chi connectivity index (χ0) is 15.6. The van der Waals surface area contributed by atoms with Crippen molar-refractivity contribution in [2.24, 2.45) is 5.92 Å². The van der Waals surface area contributed by atoms with Crippen molar-refractivity contribution in [1.29, 1.82) is 0 Å². The van der Waals surface area contributed by atoms with Gasteiger partial charge in [-0.1, -0.05) is 19.3 Å². The standard InChI is InChI=1S/C14H22F3N5/c15-14(16,17)10-22-13(18-19-20-22)9-21-8-4-3-6-11-5-1-2-7-12(11)21/h11-12H,1-10H2/t11-,12-/m1/s1. The molecule has 1 aliphatic heterocycles. The second-order valence-electron chi connectivity index (χ2n) is 6.45. The van der Waals surface area contributed by atoms with E-state index in [0.717, 1.165) is 24.1 Å². The van der Waals surface area contributed by atoms with E-state index in [1.54, 1.807) is 0 Å². The summed E-state index contributed by atoms with van der Waals surface area (Å²) >= 11 is 0. The zero-order valence-electron chi connectivity index (χ0n) is 12.6. The van der Waals surface area contributed by atoms with Crippen LogP contribution in [0.4, 0.5) is 13.2 Å². The summed E-state index contributed by atoms with van der Waals surface area (Å²) in [5, 5.41) is 10.8. The number of tetrazole rings is 1. The Hall–Kier alpha value is -1.18. The summed E-state index contributed by atoms with van der Waals surface area (Å²) in [6, 6.07) is 0.479.